The van der Waals surface area contributed by atoms with Crippen LogP contribution < -0.4 is 19.3 Å². The molecule has 1 aromatic heterocycles. The Balaban J connectivity index is 1.45. The number of carbonyl (C=O) groups is 1. The number of amides is 1. The summed E-state index contributed by atoms with van der Waals surface area (Å²) in [6, 6.07) is 21.9. The summed E-state index contributed by atoms with van der Waals surface area (Å²) >= 11 is 0. The van der Waals surface area contributed by atoms with Crippen LogP contribution in [0.4, 0.5) is 17.2 Å². The smallest absolute Gasteiger partial charge is 0.237 e. The molecule has 218 valence electrons. The maximum absolute atomic E-state index is 14.1. The first-order chi connectivity index (χ1) is 20.4. The SMILES string of the molecule is COc1ccc(N(C(=O)Cc2c(C)cccc2C)c2ccnc(Cc3ccc(N4CCN(C)CC4)cc3)n2)c(OC)c1. The summed E-state index contributed by atoms with van der Waals surface area (Å²) in [5.41, 5.74) is 6.10. The molecule has 1 saturated heterocycles. The average molecular weight is 566 g/mol. The molecule has 8 nitrogen and oxygen atoms in total. The number of hydrogen-bond donors (Lipinski definition) is 0. The van der Waals surface area contributed by atoms with E-state index in [4.69, 9.17) is 14.5 Å². The molecule has 8 heteroatoms. The van der Waals surface area contributed by atoms with E-state index in [9.17, 15) is 4.79 Å². The molecule has 4 aromatic rings. The molecule has 5 rings (SSSR count). The van der Waals surface area contributed by atoms with Crippen molar-refractivity contribution in [2.45, 2.75) is 26.7 Å². The number of methoxy groups -OCH3 is 2. The molecule has 0 N–H and O–H groups in total. The van der Waals surface area contributed by atoms with Crippen LogP contribution in [-0.2, 0) is 17.6 Å². The van der Waals surface area contributed by atoms with Gasteiger partial charge in [0.2, 0.25) is 5.91 Å². The van der Waals surface area contributed by atoms with Gasteiger partial charge in [-0.1, -0.05) is 30.3 Å². The van der Waals surface area contributed by atoms with Crippen molar-refractivity contribution in [3.8, 4) is 11.5 Å². The Labute approximate surface area is 248 Å². The zero-order chi connectivity index (χ0) is 29.6. The predicted octanol–water partition coefficient (Wildman–Crippen LogP) is 5.36. The van der Waals surface area contributed by atoms with Crippen molar-refractivity contribution in [2.24, 2.45) is 0 Å². The lowest BCUT2D eigenvalue weighted by Gasteiger charge is -2.34. The minimum Gasteiger partial charge on any atom is -0.497 e. The van der Waals surface area contributed by atoms with Crippen LogP contribution in [0.2, 0.25) is 0 Å². The molecule has 0 aliphatic carbocycles. The Kier molecular flexibility index (Phi) is 9.03. The number of rotatable bonds is 9. The molecule has 0 radical (unpaired) electrons. The van der Waals surface area contributed by atoms with E-state index in [1.165, 1.54) is 5.69 Å². The van der Waals surface area contributed by atoms with Gasteiger partial charge in [0.15, 0.2) is 0 Å². The number of anilines is 3. The molecule has 0 unspecified atom stereocenters. The van der Waals surface area contributed by atoms with Crippen LogP contribution in [0, 0.1) is 13.8 Å². The number of aromatic nitrogens is 2. The number of benzene rings is 3. The Hall–Kier alpha value is -4.43. The van der Waals surface area contributed by atoms with Gasteiger partial charge in [-0.25, -0.2) is 9.97 Å². The summed E-state index contributed by atoms with van der Waals surface area (Å²) in [5, 5.41) is 0. The van der Waals surface area contributed by atoms with E-state index >= 15 is 0 Å². The van der Waals surface area contributed by atoms with E-state index in [-0.39, 0.29) is 12.3 Å². The molecule has 42 heavy (non-hydrogen) atoms. The van der Waals surface area contributed by atoms with E-state index < -0.39 is 0 Å². The molecule has 0 saturated carbocycles. The second-order valence-electron chi connectivity index (χ2n) is 10.8. The summed E-state index contributed by atoms with van der Waals surface area (Å²) in [7, 11) is 5.36. The van der Waals surface area contributed by atoms with Gasteiger partial charge in [-0.05, 0) is 73.5 Å². The standard InChI is InChI=1S/C34H39N5O3/c1-24-7-6-8-25(2)29(24)23-34(40)39(30-14-13-28(41-4)22-31(30)42-5)33-15-16-35-32(36-33)21-26-9-11-27(12-10-26)38-19-17-37(3)18-20-38/h6-16,22H,17-21,23H2,1-5H3. The number of carbonyl (C=O) groups excluding carboxylic acids is 1. The van der Waals surface area contributed by atoms with Gasteiger partial charge in [-0.15, -0.1) is 0 Å². The van der Waals surface area contributed by atoms with Gasteiger partial charge in [-0.3, -0.25) is 9.69 Å². The second-order valence-corrected chi connectivity index (χ2v) is 10.8. The summed E-state index contributed by atoms with van der Waals surface area (Å²) in [6.07, 6.45) is 2.49. The summed E-state index contributed by atoms with van der Waals surface area (Å²) in [4.78, 5) is 29.9. The van der Waals surface area contributed by atoms with Gasteiger partial charge in [0.05, 0.1) is 26.3 Å². The average Bonchev–Trinajstić information content (AvgIpc) is 3.00. The van der Waals surface area contributed by atoms with Crippen molar-refractivity contribution in [1.29, 1.82) is 0 Å². The zero-order valence-corrected chi connectivity index (χ0v) is 25.1. The fourth-order valence-corrected chi connectivity index (χ4v) is 5.38. The van der Waals surface area contributed by atoms with E-state index in [0.717, 1.165) is 48.4 Å². The maximum Gasteiger partial charge on any atom is 0.237 e. The van der Waals surface area contributed by atoms with Crippen molar-refractivity contribution in [2.75, 3.05) is 57.2 Å². The van der Waals surface area contributed by atoms with Crippen molar-refractivity contribution in [3.63, 3.8) is 0 Å². The first-order valence-electron chi connectivity index (χ1n) is 14.3. The van der Waals surface area contributed by atoms with E-state index in [1.807, 2.05) is 44.2 Å². The Morgan fingerprint density at radius 3 is 2.29 bits per heavy atom. The molecule has 0 atom stereocenters. The third-order valence-electron chi connectivity index (χ3n) is 7.94. The molecule has 1 fully saturated rings. The van der Waals surface area contributed by atoms with Crippen LogP contribution in [0.25, 0.3) is 0 Å². The van der Waals surface area contributed by atoms with Gasteiger partial charge >= 0.3 is 0 Å². The summed E-state index contributed by atoms with van der Waals surface area (Å²) in [6.45, 7) is 8.26. The highest BCUT2D eigenvalue weighted by molar-refractivity contribution is 6.02. The Bertz CT molecular complexity index is 1510. The fraction of sp³-hybridized carbons (Fsp3) is 0.324. The number of ether oxygens (including phenoxy) is 2. The van der Waals surface area contributed by atoms with E-state index in [0.29, 0.717) is 35.2 Å². The molecular formula is C34H39N5O3. The van der Waals surface area contributed by atoms with Crippen LogP contribution in [0.3, 0.4) is 0 Å². The molecule has 0 spiro atoms. The van der Waals surface area contributed by atoms with Crippen LogP contribution in [0.1, 0.15) is 28.1 Å². The first-order valence-corrected chi connectivity index (χ1v) is 14.3. The Morgan fingerprint density at radius 1 is 0.905 bits per heavy atom. The number of aryl methyl sites for hydroxylation is 2. The highest BCUT2D eigenvalue weighted by atomic mass is 16.5. The van der Waals surface area contributed by atoms with Gasteiger partial charge < -0.3 is 19.3 Å². The molecule has 2 heterocycles. The minimum atomic E-state index is -0.114. The molecule has 1 aliphatic rings. The predicted molar refractivity (Wildman–Crippen MR) is 167 cm³/mol. The normalized spacial score (nSPS) is 13.6. The van der Waals surface area contributed by atoms with Crippen molar-refractivity contribution in [1.82, 2.24) is 14.9 Å². The zero-order valence-electron chi connectivity index (χ0n) is 25.1. The third-order valence-corrected chi connectivity index (χ3v) is 7.94. The summed E-state index contributed by atoms with van der Waals surface area (Å²) < 4.78 is 11.1. The van der Waals surface area contributed by atoms with E-state index in [1.54, 1.807) is 37.4 Å². The van der Waals surface area contributed by atoms with Crippen molar-refractivity contribution >= 4 is 23.1 Å². The highest BCUT2D eigenvalue weighted by Crippen LogP contribution is 2.36. The van der Waals surface area contributed by atoms with Gasteiger partial charge in [0.25, 0.3) is 0 Å². The largest absolute Gasteiger partial charge is 0.497 e. The van der Waals surface area contributed by atoms with Crippen LogP contribution >= 0.6 is 0 Å². The number of hydrogen-bond acceptors (Lipinski definition) is 7. The first kappa shape index (κ1) is 29.1. The molecular weight excluding hydrogens is 526 g/mol. The highest BCUT2D eigenvalue weighted by Gasteiger charge is 2.25. The second kappa shape index (κ2) is 13.0. The van der Waals surface area contributed by atoms with Crippen LogP contribution in [0.15, 0.2) is 72.9 Å². The fourth-order valence-electron chi connectivity index (χ4n) is 5.38. The Morgan fingerprint density at radius 2 is 1.62 bits per heavy atom. The molecule has 1 amide bonds. The monoisotopic (exact) mass is 565 g/mol. The molecule has 3 aromatic carbocycles. The van der Waals surface area contributed by atoms with Crippen molar-refractivity contribution < 1.29 is 14.3 Å². The van der Waals surface area contributed by atoms with E-state index in [2.05, 4.69) is 46.1 Å². The third kappa shape index (κ3) is 6.55. The van der Waals surface area contributed by atoms with Crippen molar-refractivity contribution in [3.05, 3.63) is 101 Å². The lowest BCUT2D eigenvalue weighted by molar-refractivity contribution is -0.117. The van der Waals surface area contributed by atoms with Crippen LogP contribution in [0.5, 0.6) is 11.5 Å². The maximum atomic E-state index is 14.1. The van der Waals surface area contributed by atoms with Gasteiger partial charge in [-0.2, -0.15) is 0 Å². The van der Waals surface area contributed by atoms with Gasteiger partial charge in [0.1, 0.15) is 23.1 Å². The van der Waals surface area contributed by atoms with Gasteiger partial charge in [0, 0.05) is 50.6 Å². The molecule has 0 bridgehead atoms. The summed E-state index contributed by atoms with van der Waals surface area (Å²) in [5.74, 6) is 2.17. The van der Waals surface area contributed by atoms with Crippen LogP contribution in [-0.4, -0.2) is 68.2 Å². The topological polar surface area (TPSA) is 71.0 Å². The lowest BCUT2D eigenvalue weighted by atomic mass is 9.99. The molecule has 1 aliphatic heterocycles. The number of likely N-dealkylation sites (N-methyl/N-ethyl adjacent to an activating group) is 1. The quantitative estimate of drug-likeness (QED) is 0.271. The number of nitrogens with zero attached hydrogens (tertiary/aromatic N) is 5. The number of piperazine rings is 1. The minimum absolute atomic E-state index is 0.114. The lowest BCUT2D eigenvalue weighted by Crippen LogP contribution is -2.44.